The van der Waals surface area contributed by atoms with Crippen LogP contribution in [0.25, 0.3) is 0 Å². The van der Waals surface area contributed by atoms with Crippen molar-refractivity contribution in [2.75, 3.05) is 14.1 Å². The minimum absolute atomic E-state index is 0.142. The van der Waals surface area contributed by atoms with Crippen LogP contribution in [0.5, 0.6) is 0 Å². The second kappa shape index (κ2) is 9.17. The Labute approximate surface area is 156 Å². The first kappa shape index (κ1) is 20.4. The average molecular weight is 361 g/mol. The number of fused-ring (bicyclic) bond motifs is 1. The molecule has 5 heteroatoms. The first-order chi connectivity index (χ1) is 12.3. The maximum atomic E-state index is 12.3. The second-order valence-electron chi connectivity index (χ2n) is 7.69. The van der Waals surface area contributed by atoms with Crippen LogP contribution in [0.15, 0.2) is 34.9 Å². The molecule has 26 heavy (non-hydrogen) atoms. The Kier molecular flexibility index (Phi) is 7.21. The maximum Gasteiger partial charge on any atom is 0.331 e. The molecule has 0 radical (unpaired) electrons. The fourth-order valence-corrected chi connectivity index (χ4v) is 3.82. The highest BCUT2D eigenvalue weighted by Gasteiger charge is 2.44. The van der Waals surface area contributed by atoms with Crippen molar-refractivity contribution in [2.24, 2.45) is 5.92 Å². The van der Waals surface area contributed by atoms with E-state index in [2.05, 4.69) is 19.1 Å². The fourth-order valence-electron chi connectivity index (χ4n) is 3.82. The third-order valence-electron chi connectivity index (χ3n) is 5.31. The fraction of sp³-hybridized carbons (Fsp3) is 0.619. The topological polar surface area (TPSA) is 66.8 Å². The Hall–Kier alpha value is -1.88. The van der Waals surface area contributed by atoms with E-state index in [-0.39, 0.29) is 24.0 Å². The number of nitrogens with zero attached hydrogens (tertiary/aromatic N) is 1. The predicted molar refractivity (Wildman–Crippen MR) is 102 cm³/mol. The van der Waals surface area contributed by atoms with Gasteiger partial charge in [0.25, 0.3) is 0 Å². The summed E-state index contributed by atoms with van der Waals surface area (Å²) in [5.41, 5.74) is 2.86. The van der Waals surface area contributed by atoms with Gasteiger partial charge in [-0.15, -0.1) is 0 Å². The SMILES string of the molecule is CC1=CC2OC(=O)C(N(C)C)C2CCC(C)=CCCC(C(=O)O)=CCC1. The van der Waals surface area contributed by atoms with Gasteiger partial charge in [-0.2, -0.15) is 0 Å². The van der Waals surface area contributed by atoms with Gasteiger partial charge < -0.3 is 9.84 Å². The van der Waals surface area contributed by atoms with Crippen molar-refractivity contribution >= 4 is 11.9 Å². The van der Waals surface area contributed by atoms with E-state index < -0.39 is 5.97 Å². The van der Waals surface area contributed by atoms with Crippen molar-refractivity contribution in [1.29, 1.82) is 0 Å². The highest BCUT2D eigenvalue weighted by molar-refractivity contribution is 5.86. The van der Waals surface area contributed by atoms with Crippen molar-refractivity contribution in [1.82, 2.24) is 4.90 Å². The molecule has 1 N–H and O–H groups in total. The molecule has 1 fully saturated rings. The van der Waals surface area contributed by atoms with Crippen molar-refractivity contribution in [3.63, 3.8) is 0 Å². The van der Waals surface area contributed by atoms with Crippen LogP contribution in [-0.4, -0.2) is 48.2 Å². The average Bonchev–Trinajstić information content (AvgIpc) is 2.85. The molecule has 1 heterocycles. The molecule has 0 saturated carbocycles. The Morgan fingerprint density at radius 1 is 1.12 bits per heavy atom. The van der Waals surface area contributed by atoms with E-state index in [1.807, 2.05) is 32.0 Å². The molecule has 0 aromatic heterocycles. The van der Waals surface area contributed by atoms with E-state index in [0.29, 0.717) is 18.4 Å². The van der Waals surface area contributed by atoms with E-state index in [9.17, 15) is 14.7 Å². The van der Waals surface area contributed by atoms with Crippen molar-refractivity contribution < 1.29 is 19.4 Å². The molecule has 1 saturated heterocycles. The quantitative estimate of drug-likeness (QED) is 0.600. The summed E-state index contributed by atoms with van der Waals surface area (Å²) >= 11 is 0. The zero-order valence-electron chi connectivity index (χ0n) is 16.3. The number of carboxylic acids is 1. The van der Waals surface area contributed by atoms with E-state index in [1.54, 1.807) is 0 Å². The van der Waals surface area contributed by atoms with Crippen LogP contribution in [0, 0.1) is 5.92 Å². The molecule has 1 aliphatic heterocycles. The van der Waals surface area contributed by atoms with E-state index in [1.165, 1.54) is 5.57 Å². The van der Waals surface area contributed by atoms with Crippen LogP contribution in [-0.2, 0) is 14.3 Å². The summed E-state index contributed by atoms with van der Waals surface area (Å²) in [4.78, 5) is 25.7. The molecule has 144 valence electrons. The van der Waals surface area contributed by atoms with E-state index in [0.717, 1.165) is 31.3 Å². The lowest BCUT2D eigenvalue weighted by molar-refractivity contribution is -0.143. The lowest BCUT2D eigenvalue weighted by Gasteiger charge is -2.24. The zero-order valence-corrected chi connectivity index (χ0v) is 16.3. The third kappa shape index (κ3) is 5.31. The largest absolute Gasteiger partial charge is 0.478 e. The first-order valence-electron chi connectivity index (χ1n) is 9.41. The number of likely N-dealkylation sites (N-methyl/N-ethyl adjacent to an activating group) is 1. The van der Waals surface area contributed by atoms with Crippen LogP contribution < -0.4 is 0 Å². The third-order valence-corrected chi connectivity index (χ3v) is 5.31. The Morgan fingerprint density at radius 3 is 2.46 bits per heavy atom. The number of hydrogen-bond acceptors (Lipinski definition) is 4. The normalized spacial score (nSPS) is 28.4. The zero-order chi connectivity index (χ0) is 19.3. The molecule has 2 rings (SSSR count). The number of rotatable bonds is 2. The Bertz CT molecular complexity index is 630. The van der Waals surface area contributed by atoms with Gasteiger partial charge >= 0.3 is 11.9 Å². The number of ether oxygens (including phenoxy) is 1. The van der Waals surface area contributed by atoms with Crippen LogP contribution in [0.4, 0.5) is 0 Å². The summed E-state index contributed by atoms with van der Waals surface area (Å²) in [6.45, 7) is 4.10. The van der Waals surface area contributed by atoms with Crippen molar-refractivity contribution in [3.8, 4) is 0 Å². The lowest BCUT2D eigenvalue weighted by atomic mass is 9.88. The first-order valence-corrected chi connectivity index (χ1v) is 9.41. The van der Waals surface area contributed by atoms with Gasteiger partial charge in [0.15, 0.2) is 0 Å². The minimum Gasteiger partial charge on any atom is -0.478 e. The molecule has 0 bridgehead atoms. The Morgan fingerprint density at radius 2 is 1.81 bits per heavy atom. The summed E-state index contributed by atoms with van der Waals surface area (Å²) < 4.78 is 5.68. The van der Waals surface area contributed by atoms with Crippen LogP contribution in [0.2, 0.25) is 0 Å². The molecule has 0 aromatic rings. The molecule has 2 aliphatic rings. The number of carbonyl (C=O) groups excluding carboxylic acids is 1. The van der Waals surface area contributed by atoms with Gasteiger partial charge in [0.1, 0.15) is 12.1 Å². The lowest BCUT2D eigenvalue weighted by Crippen LogP contribution is -2.38. The molecule has 0 spiro atoms. The molecule has 5 nitrogen and oxygen atoms in total. The highest BCUT2D eigenvalue weighted by Crippen LogP contribution is 2.33. The minimum atomic E-state index is -0.830. The molecular formula is C21H31NO4. The van der Waals surface area contributed by atoms with Crippen LogP contribution in [0.3, 0.4) is 0 Å². The number of carboxylic acid groups (broad SMARTS) is 1. The number of hydrogen-bond donors (Lipinski definition) is 1. The molecule has 1 aliphatic carbocycles. The molecule has 0 aromatic carbocycles. The van der Waals surface area contributed by atoms with Gasteiger partial charge in [0.2, 0.25) is 0 Å². The number of allylic oxidation sites excluding steroid dienone is 4. The predicted octanol–water partition coefficient (Wildman–Crippen LogP) is 3.72. The number of aliphatic carboxylic acids is 1. The van der Waals surface area contributed by atoms with Crippen LogP contribution >= 0.6 is 0 Å². The van der Waals surface area contributed by atoms with E-state index in [4.69, 9.17) is 4.74 Å². The van der Waals surface area contributed by atoms with Crippen molar-refractivity contribution in [3.05, 3.63) is 34.9 Å². The smallest absolute Gasteiger partial charge is 0.331 e. The van der Waals surface area contributed by atoms with Crippen molar-refractivity contribution in [2.45, 2.75) is 64.5 Å². The summed E-state index contributed by atoms with van der Waals surface area (Å²) in [7, 11) is 3.86. The monoisotopic (exact) mass is 361 g/mol. The van der Waals surface area contributed by atoms with Gasteiger partial charge in [-0.1, -0.05) is 23.3 Å². The number of carbonyl (C=O) groups is 2. The van der Waals surface area contributed by atoms with Crippen LogP contribution in [0.1, 0.15) is 52.4 Å². The molecule has 3 unspecified atom stereocenters. The summed E-state index contributed by atoms with van der Waals surface area (Å²) in [5.74, 6) is -0.833. The number of esters is 1. The summed E-state index contributed by atoms with van der Waals surface area (Å²) in [6.07, 6.45) is 10.3. The highest BCUT2D eigenvalue weighted by atomic mass is 16.6. The Balaban J connectivity index is 2.27. The van der Waals surface area contributed by atoms with Gasteiger partial charge in [-0.05, 0) is 72.5 Å². The van der Waals surface area contributed by atoms with Gasteiger partial charge in [-0.3, -0.25) is 9.69 Å². The van der Waals surface area contributed by atoms with Gasteiger partial charge in [0.05, 0.1) is 0 Å². The van der Waals surface area contributed by atoms with Gasteiger partial charge in [0, 0.05) is 11.5 Å². The standard InChI is InChI=1S/C21H31NO4/c1-14-7-5-9-16(20(23)24)10-6-8-15(2)13-18-17(12-11-14)19(22(3)4)21(25)26-18/h7,10,13,17-19H,5-6,8-9,11-12H2,1-4H3,(H,23,24). The van der Waals surface area contributed by atoms with E-state index >= 15 is 0 Å². The molecular weight excluding hydrogens is 330 g/mol. The second-order valence-corrected chi connectivity index (χ2v) is 7.69. The molecule has 3 atom stereocenters. The summed E-state index contributed by atoms with van der Waals surface area (Å²) in [6, 6.07) is -0.205. The maximum absolute atomic E-state index is 12.3. The summed E-state index contributed by atoms with van der Waals surface area (Å²) in [5, 5.41) is 9.34. The molecule has 0 amide bonds. The van der Waals surface area contributed by atoms with Gasteiger partial charge in [-0.25, -0.2) is 4.79 Å².